The average Bonchev–Trinajstić information content (AvgIpc) is 2.89. The Morgan fingerprint density at radius 3 is 2.89 bits per heavy atom. The second-order valence-corrected chi connectivity index (χ2v) is 4.93. The first kappa shape index (κ1) is 12.5. The molecule has 0 aliphatic rings. The van der Waals surface area contributed by atoms with Crippen molar-refractivity contribution in [2.45, 2.75) is 6.42 Å². The lowest BCUT2D eigenvalue weighted by molar-refractivity contribution is 0.860. The third-order valence-corrected chi connectivity index (χ3v) is 3.51. The van der Waals surface area contributed by atoms with Gasteiger partial charge in [0.15, 0.2) is 5.82 Å². The predicted molar refractivity (Wildman–Crippen MR) is 74.3 cm³/mol. The molecule has 2 aromatic rings. The van der Waals surface area contributed by atoms with Crippen LogP contribution >= 0.6 is 11.3 Å². The van der Waals surface area contributed by atoms with Crippen LogP contribution in [0, 0.1) is 5.41 Å². The van der Waals surface area contributed by atoms with E-state index in [0.717, 1.165) is 13.0 Å². The Labute approximate surface area is 110 Å². The molecule has 0 aliphatic heterocycles. The number of nitrogen functional groups attached to an aromatic ring is 1. The normalized spacial score (nSPS) is 10.3. The van der Waals surface area contributed by atoms with E-state index in [1.54, 1.807) is 23.7 Å². The molecule has 2 heterocycles. The summed E-state index contributed by atoms with van der Waals surface area (Å²) in [6.07, 6.45) is 4.11. The van der Waals surface area contributed by atoms with Crippen molar-refractivity contribution in [3.05, 3.63) is 40.5 Å². The van der Waals surface area contributed by atoms with Crippen LogP contribution in [0.5, 0.6) is 0 Å². The Balaban J connectivity index is 2.09. The number of likely N-dealkylation sites (N-methyl/N-ethyl adjacent to an activating group) is 1. The Bertz CT molecular complexity index is 523. The van der Waals surface area contributed by atoms with Crippen LogP contribution < -0.4 is 10.6 Å². The highest BCUT2D eigenvalue weighted by Gasteiger charge is 2.12. The lowest BCUT2D eigenvalue weighted by atomic mass is 10.3. The number of nitrogens with two attached hydrogens (primary N) is 1. The number of thiophene rings is 1. The summed E-state index contributed by atoms with van der Waals surface area (Å²) in [5, 5.41) is 9.56. The topological polar surface area (TPSA) is 78.9 Å². The fourth-order valence-corrected chi connectivity index (χ4v) is 2.34. The summed E-state index contributed by atoms with van der Waals surface area (Å²) in [5.74, 6) is 0.600. The van der Waals surface area contributed by atoms with Crippen LogP contribution in [0.1, 0.15) is 10.6 Å². The molecule has 0 aromatic carbocycles. The Hall–Kier alpha value is -1.95. The highest BCUT2D eigenvalue weighted by Crippen LogP contribution is 2.15. The van der Waals surface area contributed by atoms with Gasteiger partial charge < -0.3 is 10.6 Å². The summed E-state index contributed by atoms with van der Waals surface area (Å²) in [5.41, 5.74) is 5.94. The van der Waals surface area contributed by atoms with E-state index in [1.807, 2.05) is 18.0 Å². The molecule has 2 aromatic heterocycles. The predicted octanol–water partition coefficient (Wildman–Crippen LogP) is 1.50. The quantitative estimate of drug-likeness (QED) is 0.631. The van der Waals surface area contributed by atoms with Gasteiger partial charge in [-0.1, -0.05) is 6.07 Å². The molecule has 0 unspecified atom stereocenters. The number of nitrogens with one attached hydrogen (secondary N) is 1. The zero-order valence-electron chi connectivity index (χ0n) is 10.1. The summed E-state index contributed by atoms with van der Waals surface area (Å²) in [6, 6.07) is 4.16. The zero-order valence-corrected chi connectivity index (χ0v) is 10.9. The van der Waals surface area contributed by atoms with Crippen LogP contribution in [0.4, 0.5) is 5.82 Å². The van der Waals surface area contributed by atoms with E-state index in [0.29, 0.717) is 11.5 Å². The van der Waals surface area contributed by atoms with Crippen molar-refractivity contribution < 1.29 is 0 Å². The van der Waals surface area contributed by atoms with E-state index in [1.165, 1.54) is 4.88 Å². The standard InChI is InChI=1S/C12H15N5S/c1-17(7-4-9-3-2-8-18-9)12-10(11(13)14)15-5-6-16-12/h2-3,5-6,8H,4,7H2,1H3,(H3,13,14). The number of hydrogen-bond donors (Lipinski definition) is 2. The van der Waals surface area contributed by atoms with Gasteiger partial charge in [-0.25, -0.2) is 9.97 Å². The van der Waals surface area contributed by atoms with Gasteiger partial charge in [-0.2, -0.15) is 0 Å². The molecular weight excluding hydrogens is 246 g/mol. The van der Waals surface area contributed by atoms with Crippen LogP contribution in [0.3, 0.4) is 0 Å². The smallest absolute Gasteiger partial charge is 0.158 e. The molecule has 94 valence electrons. The summed E-state index contributed by atoms with van der Waals surface area (Å²) in [7, 11) is 1.93. The third kappa shape index (κ3) is 2.84. The highest BCUT2D eigenvalue weighted by molar-refractivity contribution is 7.09. The molecule has 0 radical (unpaired) electrons. The van der Waals surface area contributed by atoms with Gasteiger partial charge in [0.2, 0.25) is 0 Å². The number of hydrogen-bond acceptors (Lipinski definition) is 5. The second-order valence-electron chi connectivity index (χ2n) is 3.89. The van der Waals surface area contributed by atoms with E-state index < -0.39 is 0 Å². The van der Waals surface area contributed by atoms with Crippen molar-refractivity contribution >= 4 is 23.0 Å². The summed E-state index contributed by atoms with van der Waals surface area (Å²) in [4.78, 5) is 11.6. The van der Waals surface area contributed by atoms with Crippen molar-refractivity contribution in [2.75, 3.05) is 18.5 Å². The second kappa shape index (κ2) is 5.59. The summed E-state index contributed by atoms with van der Waals surface area (Å²) in [6.45, 7) is 0.819. The number of aromatic nitrogens is 2. The van der Waals surface area contributed by atoms with Crippen LogP contribution in [0.2, 0.25) is 0 Å². The molecule has 0 aliphatic carbocycles. The first-order valence-corrected chi connectivity index (χ1v) is 6.45. The minimum atomic E-state index is -0.0546. The maximum Gasteiger partial charge on any atom is 0.158 e. The van der Waals surface area contributed by atoms with Crippen LogP contribution in [-0.4, -0.2) is 29.4 Å². The van der Waals surface area contributed by atoms with E-state index >= 15 is 0 Å². The number of nitrogens with zero attached hydrogens (tertiary/aromatic N) is 3. The van der Waals surface area contributed by atoms with E-state index in [2.05, 4.69) is 21.4 Å². The first-order valence-electron chi connectivity index (χ1n) is 5.57. The van der Waals surface area contributed by atoms with E-state index in [9.17, 15) is 0 Å². The fourth-order valence-electron chi connectivity index (χ4n) is 1.64. The fraction of sp³-hybridized carbons (Fsp3) is 0.250. The number of anilines is 1. The molecular formula is C12H15N5S. The molecule has 0 saturated carbocycles. The maximum atomic E-state index is 7.49. The van der Waals surface area contributed by atoms with Crippen molar-refractivity contribution in [2.24, 2.45) is 5.73 Å². The molecule has 5 nitrogen and oxygen atoms in total. The Kier molecular flexibility index (Phi) is 3.88. The molecule has 18 heavy (non-hydrogen) atoms. The number of rotatable bonds is 5. The van der Waals surface area contributed by atoms with Crippen LogP contribution in [-0.2, 0) is 6.42 Å². The van der Waals surface area contributed by atoms with Gasteiger partial charge in [-0.15, -0.1) is 11.3 Å². The van der Waals surface area contributed by atoms with Gasteiger partial charge in [0.05, 0.1) is 0 Å². The average molecular weight is 261 g/mol. The van der Waals surface area contributed by atoms with E-state index in [4.69, 9.17) is 11.1 Å². The molecule has 0 saturated heterocycles. The Morgan fingerprint density at radius 1 is 1.44 bits per heavy atom. The Morgan fingerprint density at radius 2 is 2.22 bits per heavy atom. The van der Waals surface area contributed by atoms with E-state index in [-0.39, 0.29) is 5.84 Å². The molecule has 0 amide bonds. The molecule has 6 heteroatoms. The van der Waals surface area contributed by atoms with Gasteiger partial charge in [0, 0.05) is 30.9 Å². The minimum Gasteiger partial charge on any atom is -0.382 e. The van der Waals surface area contributed by atoms with Crippen LogP contribution in [0.25, 0.3) is 0 Å². The maximum absolute atomic E-state index is 7.49. The van der Waals surface area contributed by atoms with Gasteiger partial charge in [0.1, 0.15) is 11.5 Å². The lowest BCUT2D eigenvalue weighted by Crippen LogP contribution is -2.26. The molecule has 0 atom stereocenters. The molecule has 2 rings (SSSR count). The minimum absolute atomic E-state index is 0.0546. The third-order valence-electron chi connectivity index (χ3n) is 2.57. The monoisotopic (exact) mass is 261 g/mol. The SMILES string of the molecule is CN(CCc1cccs1)c1nccnc1C(=N)N. The largest absolute Gasteiger partial charge is 0.382 e. The zero-order chi connectivity index (χ0) is 13.0. The number of amidine groups is 1. The molecule has 0 spiro atoms. The van der Waals surface area contributed by atoms with Gasteiger partial charge in [-0.3, -0.25) is 5.41 Å². The molecule has 0 bridgehead atoms. The summed E-state index contributed by atoms with van der Waals surface area (Å²) < 4.78 is 0. The van der Waals surface area contributed by atoms with Gasteiger partial charge in [0.25, 0.3) is 0 Å². The summed E-state index contributed by atoms with van der Waals surface area (Å²) >= 11 is 1.74. The first-order chi connectivity index (χ1) is 8.68. The van der Waals surface area contributed by atoms with Crippen molar-refractivity contribution in [1.82, 2.24) is 9.97 Å². The van der Waals surface area contributed by atoms with Crippen molar-refractivity contribution in [1.29, 1.82) is 5.41 Å². The molecule has 3 N–H and O–H groups in total. The van der Waals surface area contributed by atoms with Gasteiger partial charge in [-0.05, 0) is 17.9 Å². The van der Waals surface area contributed by atoms with Crippen molar-refractivity contribution in [3.8, 4) is 0 Å². The molecule has 0 fully saturated rings. The highest BCUT2D eigenvalue weighted by atomic mass is 32.1. The van der Waals surface area contributed by atoms with Crippen LogP contribution in [0.15, 0.2) is 29.9 Å². The van der Waals surface area contributed by atoms with Crippen molar-refractivity contribution in [3.63, 3.8) is 0 Å². The lowest BCUT2D eigenvalue weighted by Gasteiger charge is -2.19. The van der Waals surface area contributed by atoms with Gasteiger partial charge >= 0.3 is 0 Å².